The van der Waals surface area contributed by atoms with Crippen molar-refractivity contribution in [1.29, 1.82) is 0 Å². The van der Waals surface area contributed by atoms with E-state index in [1.165, 1.54) is 5.56 Å². The lowest BCUT2D eigenvalue weighted by Gasteiger charge is -2.13. The van der Waals surface area contributed by atoms with E-state index in [0.29, 0.717) is 17.2 Å². The van der Waals surface area contributed by atoms with E-state index in [2.05, 4.69) is 29.5 Å². The summed E-state index contributed by atoms with van der Waals surface area (Å²) in [5.41, 5.74) is 5.11. The maximum Gasteiger partial charge on any atom is 0.257 e. The van der Waals surface area contributed by atoms with Gasteiger partial charge in [0, 0.05) is 11.9 Å². The van der Waals surface area contributed by atoms with Crippen molar-refractivity contribution in [3.8, 4) is 5.75 Å². The third kappa shape index (κ3) is 4.68. The number of pyridine rings is 1. The fourth-order valence-corrected chi connectivity index (χ4v) is 2.86. The van der Waals surface area contributed by atoms with Crippen molar-refractivity contribution in [2.24, 2.45) is 0 Å². The first-order valence-electron chi connectivity index (χ1n) is 9.24. The van der Waals surface area contributed by atoms with E-state index >= 15 is 0 Å². The first-order valence-corrected chi connectivity index (χ1v) is 9.24. The summed E-state index contributed by atoms with van der Waals surface area (Å²) in [6.45, 7) is 6.29. The molecule has 0 aliphatic rings. The molecular formula is C23H25N3O2. The van der Waals surface area contributed by atoms with E-state index in [1.54, 1.807) is 25.6 Å². The number of anilines is 3. The normalized spacial score (nSPS) is 10.6. The van der Waals surface area contributed by atoms with Crippen LogP contribution in [0.2, 0.25) is 0 Å². The van der Waals surface area contributed by atoms with Crippen LogP contribution >= 0.6 is 0 Å². The molecule has 0 saturated heterocycles. The lowest BCUT2D eigenvalue weighted by Crippen LogP contribution is -2.12. The fraction of sp³-hybridized carbons (Fsp3) is 0.217. The number of aromatic nitrogens is 1. The number of nitrogens with zero attached hydrogens (tertiary/aromatic N) is 1. The van der Waals surface area contributed by atoms with Crippen LogP contribution in [-0.2, 0) is 0 Å². The molecule has 1 heterocycles. The van der Waals surface area contributed by atoms with Gasteiger partial charge in [-0.3, -0.25) is 9.78 Å². The van der Waals surface area contributed by atoms with E-state index < -0.39 is 0 Å². The summed E-state index contributed by atoms with van der Waals surface area (Å²) in [6.07, 6.45) is 3.23. The summed E-state index contributed by atoms with van der Waals surface area (Å²) in [4.78, 5) is 16.8. The Labute approximate surface area is 165 Å². The molecule has 5 nitrogen and oxygen atoms in total. The maximum absolute atomic E-state index is 12.6. The van der Waals surface area contributed by atoms with Crippen LogP contribution in [0.4, 0.5) is 17.1 Å². The Morgan fingerprint density at radius 1 is 1.00 bits per heavy atom. The molecule has 28 heavy (non-hydrogen) atoms. The molecular weight excluding hydrogens is 350 g/mol. The van der Waals surface area contributed by atoms with Crippen LogP contribution in [0.5, 0.6) is 5.75 Å². The van der Waals surface area contributed by atoms with Gasteiger partial charge in [-0.1, -0.05) is 32.0 Å². The van der Waals surface area contributed by atoms with Crippen LogP contribution in [0.25, 0.3) is 0 Å². The second-order valence-corrected chi connectivity index (χ2v) is 7.02. The van der Waals surface area contributed by atoms with Crippen LogP contribution in [-0.4, -0.2) is 18.0 Å². The van der Waals surface area contributed by atoms with Crippen molar-refractivity contribution in [2.45, 2.75) is 26.7 Å². The highest BCUT2D eigenvalue weighted by atomic mass is 16.5. The predicted octanol–water partition coefficient (Wildman–Crippen LogP) is 5.52. The summed E-state index contributed by atoms with van der Waals surface area (Å²) >= 11 is 0. The summed E-state index contributed by atoms with van der Waals surface area (Å²) in [7, 11) is 1.63. The average Bonchev–Trinajstić information content (AvgIpc) is 2.69. The molecule has 2 N–H and O–H groups in total. The lowest BCUT2D eigenvalue weighted by atomic mass is 10.0. The molecule has 0 unspecified atom stereocenters. The van der Waals surface area contributed by atoms with Crippen molar-refractivity contribution in [1.82, 2.24) is 4.98 Å². The minimum atomic E-state index is -0.204. The Hall–Kier alpha value is -3.34. The molecule has 1 aromatic heterocycles. The molecule has 0 saturated carbocycles. The van der Waals surface area contributed by atoms with Gasteiger partial charge in [0.1, 0.15) is 5.75 Å². The Balaban J connectivity index is 1.75. The Bertz CT molecular complexity index is 966. The smallest absolute Gasteiger partial charge is 0.257 e. The van der Waals surface area contributed by atoms with E-state index in [-0.39, 0.29) is 5.91 Å². The molecule has 0 aliphatic carbocycles. The number of methoxy groups -OCH3 is 1. The zero-order valence-corrected chi connectivity index (χ0v) is 16.6. The largest absolute Gasteiger partial charge is 0.495 e. The third-order valence-corrected chi connectivity index (χ3v) is 4.47. The molecule has 0 bridgehead atoms. The number of benzene rings is 2. The van der Waals surface area contributed by atoms with Crippen LogP contribution in [0.15, 0.2) is 60.9 Å². The van der Waals surface area contributed by atoms with Crippen LogP contribution in [0.3, 0.4) is 0 Å². The Morgan fingerprint density at radius 3 is 2.43 bits per heavy atom. The molecule has 0 fully saturated rings. The van der Waals surface area contributed by atoms with Gasteiger partial charge in [-0.25, -0.2) is 0 Å². The number of nitrogens with one attached hydrogen (secondary N) is 2. The standard InChI is InChI=1S/C23H25N3O2/c1-15(2)17-6-8-19(9-7-17)26-23(27)18-12-20(14-24-13-18)25-21-11-16(3)5-10-22(21)28-4/h5-15,25H,1-4H3,(H,26,27). The van der Waals surface area contributed by atoms with Crippen LogP contribution in [0, 0.1) is 6.92 Å². The number of rotatable bonds is 6. The zero-order valence-electron chi connectivity index (χ0n) is 16.6. The van der Waals surface area contributed by atoms with Gasteiger partial charge in [-0.2, -0.15) is 0 Å². The molecule has 3 aromatic rings. The molecule has 5 heteroatoms. The van der Waals surface area contributed by atoms with Crippen molar-refractivity contribution in [2.75, 3.05) is 17.7 Å². The van der Waals surface area contributed by atoms with E-state index in [1.807, 2.05) is 49.4 Å². The van der Waals surface area contributed by atoms with Gasteiger partial charge in [0.2, 0.25) is 0 Å². The number of carbonyl (C=O) groups excluding carboxylic acids is 1. The van der Waals surface area contributed by atoms with Gasteiger partial charge in [0.15, 0.2) is 0 Å². The Morgan fingerprint density at radius 2 is 1.75 bits per heavy atom. The quantitative estimate of drug-likeness (QED) is 0.596. The first-order chi connectivity index (χ1) is 13.5. The van der Waals surface area contributed by atoms with Gasteiger partial charge >= 0.3 is 0 Å². The van der Waals surface area contributed by atoms with Crippen LogP contribution < -0.4 is 15.4 Å². The molecule has 0 atom stereocenters. The number of hydrogen-bond acceptors (Lipinski definition) is 4. The summed E-state index contributed by atoms with van der Waals surface area (Å²) in [5, 5.41) is 6.19. The minimum Gasteiger partial charge on any atom is -0.495 e. The third-order valence-electron chi connectivity index (χ3n) is 4.47. The number of aryl methyl sites for hydroxylation is 1. The topological polar surface area (TPSA) is 63.2 Å². The highest BCUT2D eigenvalue weighted by Gasteiger charge is 2.10. The van der Waals surface area contributed by atoms with Crippen molar-refractivity contribution in [3.05, 3.63) is 77.6 Å². The molecule has 0 aliphatic heterocycles. The average molecular weight is 375 g/mol. The maximum atomic E-state index is 12.6. The number of carbonyl (C=O) groups is 1. The van der Waals surface area contributed by atoms with Gasteiger partial charge in [-0.15, -0.1) is 0 Å². The monoisotopic (exact) mass is 375 g/mol. The highest BCUT2D eigenvalue weighted by molar-refractivity contribution is 6.04. The molecule has 0 radical (unpaired) electrons. The second-order valence-electron chi connectivity index (χ2n) is 7.02. The summed E-state index contributed by atoms with van der Waals surface area (Å²) in [5.74, 6) is 0.977. The van der Waals surface area contributed by atoms with Crippen molar-refractivity contribution >= 4 is 23.0 Å². The molecule has 3 rings (SSSR count). The van der Waals surface area contributed by atoms with Crippen LogP contribution in [0.1, 0.15) is 41.3 Å². The van der Waals surface area contributed by atoms with Gasteiger partial charge in [0.25, 0.3) is 5.91 Å². The van der Waals surface area contributed by atoms with Gasteiger partial charge < -0.3 is 15.4 Å². The predicted molar refractivity (Wildman–Crippen MR) is 114 cm³/mol. The number of hydrogen-bond donors (Lipinski definition) is 2. The minimum absolute atomic E-state index is 0.204. The van der Waals surface area contributed by atoms with Gasteiger partial charge in [-0.05, 0) is 54.3 Å². The zero-order chi connectivity index (χ0) is 20.1. The van der Waals surface area contributed by atoms with Crippen molar-refractivity contribution < 1.29 is 9.53 Å². The second kappa shape index (κ2) is 8.57. The highest BCUT2D eigenvalue weighted by Crippen LogP contribution is 2.28. The summed E-state index contributed by atoms with van der Waals surface area (Å²) in [6, 6.07) is 15.5. The summed E-state index contributed by atoms with van der Waals surface area (Å²) < 4.78 is 5.39. The molecule has 0 spiro atoms. The lowest BCUT2D eigenvalue weighted by molar-refractivity contribution is 0.102. The molecule has 2 aromatic carbocycles. The van der Waals surface area contributed by atoms with E-state index in [0.717, 1.165) is 22.7 Å². The Kier molecular flexibility index (Phi) is 5.94. The van der Waals surface area contributed by atoms with E-state index in [4.69, 9.17) is 4.74 Å². The fourth-order valence-electron chi connectivity index (χ4n) is 2.86. The number of ether oxygens (including phenoxy) is 1. The molecule has 1 amide bonds. The van der Waals surface area contributed by atoms with E-state index in [9.17, 15) is 4.79 Å². The SMILES string of the molecule is COc1ccc(C)cc1Nc1cncc(C(=O)Nc2ccc(C(C)C)cc2)c1. The molecule has 144 valence electrons. The first kappa shape index (κ1) is 19.4. The van der Waals surface area contributed by atoms with Crippen molar-refractivity contribution in [3.63, 3.8) is 0 Å². The van der Waals surface area contributed by atoms with Gasteiger partial charge in [0.05, 0.1) is 30.2 Å². The number of amides is 1.